The first-order chi connectivity index (χ1) is 9.78. The molecule has 1 heterocycles. The molecule has 1 aromatic carbocycles. The third-order valence-electron chi connectivity index (χ3n) is 3.88. The number of fused-ring (bicyclic) bond motifs is 1. The zero-order chi connectivity index (χ0) is 13.9. The van der Waals surface area contributed by atoms with Crippen molar-refractivity contribution in [2.45, 2.75) is 31.7 Å². The summed E-state index contributed by atoms with van der Waals surface area (Å²) in [6, 6.07) is 8.07. The first kappa shape index (κ1) is 13.5. The van der Waals surface area contributed by atoms with Crippen LogP contribution in [0.1, 0.15) is 36.6 Å². The van der Waals surface area contributed by atoms with Crippen molar-refractivity contribution in [3.8, 4) is 11.4 Å². The van der Waals surface area contributed by atoms with Gasteiger partial charge in [0.25, 0.3) is 0 Å². The number of halogens is 1. The fourth-order valence-corrected chi connectivity index (χ4v) is 2.88. The Labute approximate surface area is 124 Å². The summed E-state index contributed by atoms with van der Waals surface area (Å²) in [7, 11) is 2.01. The second-order valence-corrected chi connectivity index (χ2v) is 5.63. The molecule has 1 aliphatic rings. The highest BCUT2D eigenvalue weighted by Crippen LogP contribution is 2.28. The minimum Gasteiger partial charge on any atom is -0.313 e. The molecular formula is C16H18ClN3. The van der Waals surface area contributed by atoms with Gasteiger partial charge >= 0.3 is 0 Å². The fourth-order valence-electron chi connectivity index (χ4n) is 2.75. The molecule has 1 N–H and O–H groups in total. The van der Waals surface area contributed by atoms with Gasteiger partial charge in [0.05, 0.1) is 0 Å². The minimum atomic E-state index is 0.381. The Balaban J connectivity index is 1.99. The van der Waals surface area contributed by atoms with E-state index in [1.54, 1.807) is 0 Å². The Hall–Kier alpha value is -1.45. The van der Waals surface area contributed by atoms with Crippen LogP contribution in [0.15, 0.2) is 30.5 Å². The third-order valence-corrected chi connectivity index (χ3v) is 4.13. The molecule has 1 atom stereocenters. The van der Waals surface area contributed by atoms with Crippen LogP contribution < -0.4 is 5.32 Å². The molecule has 0 saturated carbocycles. The molecule has 1 unspecified atom stereocenters. The summed E-state index contributed by atoms with van der Waals surface area (Å²) in [6.07, 6.45) is 6.61. The molecule has 3 rings (SSSR count). The Morgan fingerprint density at radius 3 is 2.75 bits per heavy atom. The monoisotopic (exact) mass is 287 g/mol. The lowest BCUT2D eigenvalue weighted by Crippen LogP contribution is -2.17. The Kier molecular flexibility index (Phi) is 3.99. The molecular weight excluding hydrogens is 270 g/mol. The number of rotatable bonds is 2. The standard InChI is InChI=1S/C16H18ClN3/c1-18-14-4-2-3-5-15-13(14)10-19-16(20-15)11-6-8-12(17)9-7-11/h6-10,14,18H,2-5H2,1H3. The number of nitrogens with one attached hydrogen (secondary N) is 1. The lowest BCUT2D eigenvalue weighted by molar-refractivity contribution is 0.532. The maximum Gasteiger partial charge on any atom is 0.159 e. The first-order valence-corrected chi connectivity index (χ1v) is 7.45. The molecule has 0 radical (unpaired) electrons. The molecule has 0 aliphatic heterocycles. The average molecular weight is 288 g/mol. The zero-order valence-electron chi connectivity index (χ0n) is 11.6. The number of nitrogens with zero attached hydrogens (tertiary/aromatic N) is 2. The summed E-state index contributed by atoms with van der Waals surface area (Å²) in [4.78, 5) is 9.31. The van der Waals surface area contributed by atoms with Crippen molar-refractivity contribution in [3.63, 3.8) is 0 Å². The van der Waals surface area contributed by atoms with Crippen LogP contribution in [0.25, 0.3) is 11.4 Å². The van der Waals surface area contributed by atoms with Crippen LogP contribution in [0.2, 0.25) is 5.02 Å². The van der Waals surface area contributed by atoms with Gasteiger partial charge in [-0.25, -0.2) is 9.97 Å². The smallest absolute Gasteiger partial charge is 0.159 e. The van der Waals surface area contributed by atoms with E-state index in [2.05, 4.69) is 10.3 Å². The fraction of sp³-hybridized carbons (Fsp3) is 0.375. The number of hydrogen-bond donors (Lipinski definition) is 1. The first-order valence-electron chi connectivity index (χ1n) is 7.07. The van der Waals surface area contributed by atoms with E-state index in [-0.39, 0.29) is 0 Å². The Morgan fingerprint density at radius 1 is 1.20 bits per heavy atom. The topological polar surface area (TPSA) is 37.8 Å². The summed E-state index contributed by atoms with van der Waals surface area (Å²) in [5.41, 5.74) is 3.45. The molecule has 2 aromatic rings. The molecule has 20 heavy (non-hydrogen) atoms. The van der Waals surface area contributed by atoms with Gasteiger partial charge in [-0.2, -0.15) is 0 Å². The van der Waals surface area contributed by atoms with Gasteiger partial charge in [0.2, 0.25) is 0 Å². The van der Waals surface area contributed by atoms with Crippen molar-refractivity contribution >= 4 is 11.6 Å². The molecule has 0 spiro atoms. The maximum absolute atomic E-state index is 5.92. The van der Waals surface area contributed by atoms with E-state index in [4.69, 9.17) is 16.6 Å². The van der Waals surface area contributed by atoms with Gasteiger partial charge < -0.3 is 5.32 Å². The quantitative estimate of drug-likeness (QED) is 0.854. The lowest BCUT2D eigenvalue weighted by atomic mass is 10.1. The Bertz CT molecular complexity index is 595. The molecule has 4 heteroatoms. The summed E-state index contributed by atoms with van der Waals surface area (Å²) in [6.45, 7) is 0. The van der Waals surface area contributed by atoms with Gasteiger partial charge in [0, 0.05) is 34.1 Å². The Morgan fingerprint density at radius 2 is 2.00 bits per heavy atom. The van der Waals surface area contributed by atoms with E-state index in [9.17, 15) is 0 Å². The van der Waals surface area contributed by atoms with Crippen LogP contribution in [-0.4, -0.2) is 17.0 Å². The summed E-state index contributed by atoms with van der Waals surface area (Å²) in [5, 5.41) is 4.10. The van der Waals surface area contributed by atoms with Crippen LogP contribution in [0.3, 0.4) is 0 Å². The van der Waals surface area contributed by atoms with Crippen molar-refractivity contribution in [2.75, 3.05) is 7.05 Å². The second kappa shape index (κ2) is 5.90. The lowest BCUT2D eigenvalue weighted by Gasteiger charge is -2.16. The number of aryl methyl sites for hydroxylation is 1. The van der Waals surface area contributed by atoms with E-state index in [0.717, 1.165) is 29.3 Å². The second-order valence-electron chi connectivity index (χ2n) is 5.19. The van der Waals surface area contributed by atoms with Crippen molar-refractivity contribution in [1.29, 1.82) is 0 Å². The SMILES string of the molecule is CNC1CCCCc2nc(-c3ccc(Cl)cc3)ncc21. The van der Waals surface area contributed by atoms with E-state index < -0.39 is 0 Å². The molecule has 0 amide bonds. The maximum atomic E-state index is 5.92. The predicted octanol–water partition coefficient (Wildman–Crippen LogP) is 3.78. The number of aromatic nitrogens is 2. The zero-order valence-corrected chi connectivity index (χ0v) is 12.3. The molecule has 0 fully saturated rings. The van der Waals surface area contributed by atoms with Crippen LogP contribution >= 0.6 is 11.6 Å². The molecule has 1 aliphatic carbocycles. The highest BCUT2D eigenvalue weighted by molar-refractivity contribution is 6.30. The average Bonchev–Trinajstić information content (AvgIpc) is 2.69. The van der Waals surface area contributed by atoms with E-state index in [0.29, 0.717) is 6.04 Å². The van der Waals surface area contributed by atoms with Crippen molar-refractivity contribution < 1.29 is 0 Å². The highest BCUT2D eigenvalue weighted by atomic mass is 35.5. The molecule has 1 aromatic heterocycles. The van der Waals surface area contributed by atoms with Crippen molar-refractivity contribution in [3.05, 3.63) is 46.7 Å². The normalized spacial score (nSPS) is 18.4. The van der Waals surface area contributed by atoms with Crippen LogP contribution in [0.5, 0.6) is 0 Å². The van der Waals surface area contributed by atoms with Crippen LogP contribution in [-0.2, 0) is 6.42 Å². The molecule has 104 valence electrons. The third kappa shape index (κ3) is 2.69. The van der Waals surface area contributed by atoms with Gasteiger partial charge in [0.15, 0.2) is 5.82 Å². The van der Waals surface area contributed by atoms with Gasteiger partial charge in [-0.3, -0.25) is 0 Å². The molecule has 0 saturated heterocycles. The highest BCUT2D eigenvalue weighted by Gasteiger charge is 2.19. The predicted molar refractivity (Wildman–Crippen MR) is 81.8 cm³/mol. The molecule has 3 nitrogen and oxygen atoms in total. The largest absolute Gasteiger partial charge is 0.313 e. The van der Waals surface area contributed by atoms with E-state index in [1.807, 2.05) is 37.5 Å². The minimum absolute atomic E-state index is 0.381. The van der Waals surface area contributed by atoms with E-state index >= 15 is 0 Å². The van der Waals surface area contributed by atoms with Crippen LogP contribution in [0.4, 0.5) is 0 Å². The van der Waals surface area contributed by atoms with Gasteiger partial charge in [-0.05, 0) is 50.6 Å². The van der Waals surface area contributed by atoms with Gasteiger partial charge in [-0.15, -0.1) is 0 Å². The summed E-state index contributed by atoms with van der Waals surface area (Å²) in [5.74, 6) is 0.789. The van der Waals surface area contributed by atoms with E-state index in [1.165, 1.54) is 24.1 Å². The summed E-state index contributed by atoms with van der Waals surface area (Å²) < 4.78 is 0. The molecule has 0 bridgehead atoms. The van der Waals surface area contributed by atoms with Crippen molar-refractivity contribution in [2.24, 2.45) is 0 Å². The number of benzene rings is 1. The summed E-state index contributed by atoms with van der Waals surface area (Å²) >= 11 is 5.92. The van der Waals surface area contributed by atoms with Gasteiger partial charge in [-0.1, -0.05) is 18.0 Å². The van der Waals surface area contributed by atoms with Crippen LogP contribution in [0, 0.1) is 0 Å². The number of hydrogen-bond acceptors (Lipinski definition) is 3. The van der Waals surface area contributed by atoms with Gasteiger partial charge in [0.1, 0.15) is 0 Å². The van der Waals surface area contributed by atoms with Crippen molar-refractivity contribution in [1.82, 2.24) is 15.3 Å².